The number of rotatable bonds is 11. The number of hydrogen-bond acceptors (Lipinski definition) is 5. The molecule has 0 bridgehead atoms. The van der Waals surface area contributed by atoms with Gasteiger partial charge in [0, 0.05) is 24.1 Å². The summed E-state index contributed by atoms with van der Waals surface area (Å²) in [7, 11) is 0. The van der Waals surface area contributed by atoms with Gasteiger partial charge in [0.15, 0.2) is 11.9 Å². The highest BCUT2D eigenvalue weighted by Crippen LogP contribution is 2.29. The number of hydrogen-bond donors (Lipinski definition) is 0. The van der Waals surface area contributed by atoms with E-state index >= 15 is 0 Å². The summed E-state index contributed by atoms with van der Waals surface area (Å²) in [5.41, 5.74) is 4.06. The van der Waals surface area contributed by atoms with Gasteiger partial charge in [0.05, 0.1) is 18.8 Å². The van der Waals surface area contributed by atoms with Crippen molar-refractivity contribution in [2.24, 2.45) is 0 Å². The number of carbonyl (C=O) groups excluding carboxylic acids is 1. The van der Waals surface area contributed by atoms with E-state index in [0.717, 1.165) is 39.4 Å². The summed E-state index contributed by atoms with van der Waals surface area (Å²) in [5, 5.41) is 1.09. The first kappa shape index (κ1) is 23.6. The molecule has 0 fully saturated rings. The van der Waals surface area contributed by atoms with Crippen LogP contribution >= 0.6 is 0 Å². The SMILES string of the molecule is CCOC(=O)C(Cc1ccc(OCCn2c(C)ccc2-c2cc3ccccc3o2)cc1)OCC. The topological polar surface area (TPSA) is 62.8 Å². The third kappa shape index (κ3) is 5.51. The van der Waals surface area contributed by atoms with Gasteiger partial charge < -0.3 is 23.2 Å². The molecule has 0 saturated carbocycles. The Morgan fingerprint density at radius 1 is 1.00 bits per heavy atom. The van der Waals surface area contributed by atoms with Crippen molar-refractivity contribution in [2.75, 3.05) is 19.8 Å². The summed E-state index contributed by atoms with van der Waals surface area (Å²) in [6.07, 6.45) is -0.124. The molecule has 1 atom stereocenters. The summed E-state index contributed by atoms with van der Waals surface area (Å²) in [4.78, 5) is 12.1. The number of fused-ring (bicyclic) bond motifs is 1. The van der Waals surface area contributed by atoms with Crippen molar-refractivity contribution < 1.29 is 23.4 Å². The van der Waals surface area contributed by atoms with E-state index in [9.17, 15) is 4.79 Å². The van der Waals surface area contributed by atoms with Gasteiger partial charge in [0.2, 0.25) is 0 Å². The van der Waals surface area contributed by atoms with Gasteiger partial charge in [-0.2, -0.15) is 0 Å². The molecule has 2 aromatic carbocycles. The first-order valence-corrected chi connectivity index (χ1v) is 11.7. The highest BCUT2D eigenvalue weighted by molar-refractivity contribution is 5.82. The Balaban J connectivity index is 1.37. The number of para-hydroxylation sites is 1. The van der Waals surface area contributed by atoms with E-state index in [1.807, 2.05) is 49.4 Å². The van der Waals surface area contributed by atoms with Gasteiger partial charge in [-0.25, -0.2) is 4.79 Å². The summed E-state index contributed by atoms with van der Waals surface area (Å²) in [6.45, 7) is 7.76. The Morgan fingerprint density at radius 3 is 2.53 bits per heavy atom. The number of aryl methyl sites for hydroxylation is 1. The Morgan fingerprint density at radius 2 is 1.79 bits per heavy atom. The van der Waals surface area contributed by atoms with Crippen molar-refractivity contribution in [2.45, 2.75) is 39.8 Å². The largest absolute Gasteiger partial charge is 0.492 e. The fourth-order valence-electron chi connectivity index (χ4n) is 4.03. The van der Waals surface area contributed by atoms with Crippen molar-refractivity contribution >= 4 is 16.9 Å². The molecule has 4 aromatic rings. The van der Waals surface area contributed by atoms with Gasteiger partial charge in [-0.3, -0.25) is 0 Å². The third-order valence-corrected chi connectivity index (χ3v) is 5.72. The Labute approximate surface area is 200 Å². The summed E-state index contributed by atoms with van der Waals surface area (Å²) < 4.78 is 24.9. The van der Waals surface area contributed by atoms with Crippen LogP contribution in [0.25, 0.3) is 22.4 Å². The van der Waals surface area contributed by atoms with Crippen LogP contribution in [-0.4, -0.2) is 36.5 Å². The molecule has 0 aliphatic carbocycles. The average Bonchev–Trinajstić information content (AvgIpc) is 3.43. The lowest BCUT2D eigenvalue weighted by Gasteiger charge is -2.16. The average molecular weight is 462 g/mol. The number of carbonyl (C=O) groups is 1. The number of aromatic nitrogens is 1. The van der Waals surface area contributed by atoms with Crippen molar-refractivity contribution in [3.05, 3.63) is 78.0 Å². The monoisotopic (exact) mass is 461 g/mol. The van der Waals surface area contributed by atoms with E-state index in [1.165, 1.54) is 0 Å². The maximum atomic E-state index is 12.1. The zero-order chi connectivity index (χ0) is 23.9. The standard InChI is InChI=1S/C28H31NO5/c1-4-31-27(28(30)32-5-2)18-21-11-13-23(14-12-21)33-17-16-29-20(3)10-15-24(29)26-19-22-8-6-7-9-25(22)34-26/h6-15,19,27H,4-5,16-18H2,1-3H3. The molecule has 0 N–H and O–H groups in total. The summed E-state index contributed by atoms with van der Waals surface area (Å²) in [5.74, 6) is 1.30. The number of furan rings is 1. The minimum Gasteiger partial charge on any atom is -0.492 e. The van der Waals surface area contributed by atoms with Crippen molar-refractivity contribution in [3.63, 3.8) is 0 Å². The zero-order valence-corrected chi connectivity index (χ0v) is 20.0. The quantitative estimate of drug-likeness (QED) is 0.264. The smallest absolute Gasteiger partial charge is 0.335 e. The van der Waals surface area contributed by atoms with Gasteiger partial charge in [0.25, 0.3) is 0 Å². The summed E-state index contributed by atoms with van der Waals surface area (Å²) in [6, 6.07) is 22.0. The molecule has 0 radical (unpaired) electrons. The van der Waals surface area contributed by atoms with Crippen LogP contribution in [-0.2, 0) is 27.2 Å². The fraction of sp³-hybridized carbons (Fsp3) is 0.321. The lowest BCUT2D eigenvalue weighted by Crippen LogP contribution is -2.28. The Bertz CT molecular complexity index is 1190. The number of ether oxygens (including phenoxy) is 3. The number of nitrogens with zero attached hydrogens (tertiary/aromatic N) is 1. The van der Waals surface area contributed by atoms with Gasteiger partial charge in [-0.15, -0.1) is 0 Å². The molecule has 34 heavy (non-hydrogen) atoms. The maximum absolute atomic E-state index is 12.1. The zero-order valence-electron chi connectivity index (χ0n) is 20.0. The van der Waals surface area contributed by atoms with Crippen LogP contribution in [0.15, 0.2) is 71.1 Å². The number of esters is 1. The van der Waals surface area contributed by atoms with Crippen LogP contribution in [0.3, 0.4) is 0 Å². The molecule has 0 saturated heterocycles. The van der Waals surface area contributed by atoms with Crippen LogP contribution in [0.1, 0.15) is 25.1 Å². The lowest BCUT2D eigenvalue weighted by atomic mass is 10.1. The normalized spacial score (nSPS) is 12.1. The highest BCUT2D eigenvalue weighted by Gasteiger charge is 2.20. The first-order valence-electron chi connectivity index (χ1n) is 11.7. The molecule has 0 spiro atoms. The number of benzene rings is 2. The predicted octanol–water partition coefficient (Wildman–Crippen LogP) is 5.80. The third-order valence-electron chi connectivity index (χ3n) is 5.72. The molecule has 0 aliphatic heterocycles. The molecule has 0 aliphatic rings. The molecule has 6 heteroatoms. The molecule has 0 amide bonds. The van der Waals surface area contributed by atoms with E-state index in [2.05, 4.69) is 35.8 Å². The van der Waals surface area contributed by atoms with Crippen LogP contribution in [0, 0.1) is 6.92 Å². The minimum atomic E-state index is -0.592. The molecule has 4 rings (SSSR count). The van der Waals surface area contributed by atoms with Crippen molar-refractivity contribution in [3.8, 4) is 17.2 Å². The molecule has 6 nitrogen and oxygen atoms in total. The van der Waals surface area contributed by atoms with E-state index in [0.29, 0.717) is 32.8 Å². The second-order valence-corrected chi connectivity index (χ2v) is 8.05. The van der Waals surface area contributed by atoms with Gasteiger partial charge >= 0.3 is 5.97 Å². The van der Waals surface area contributed by atoms with E-state index in [-0.39, 0.29) is 5.97 Å². The van der Waals surface area contributed by atoms with E-state index < -0.39 is 6.10 Å². The fourth-order valence-corrected chi connectivity index (χ4v) is 4.03. The Kier molecular flexibility index (Phi) is 7.70. The van der Waals surface area contributed by atoms with Gasteiger partial charge in [0.1, 0.15) is 17.9 Å². The first-order chi connectivity index (χ1) is 16.6. The maximum Gasteiger partial charge on any atom is 0.335 e. The highest BCUT2D eigenvalue weighted by atomic mass is 16.6. The summed E-state index contributed by atoms with van der Waals surface area (Å²) >= 11 is 0. The lowest BCUT2D eigenvalue weighted by molar-refractivity contribution is -0.156. The van der Waals surface area contributed by atoms with Gasteiger partial charge in [-0.05, 0) is 62.7 Å². The van der Waals surface area contributed by atoms with Crippen LogP contribution in [0.2, 0.25) is 0 Å². The molecule has 1 unspecified atom stereocenters. The second-order valence-electron chi connectivity index (χ2n) is 8.05. The van der Waals surface area contributed by atoms with Crippen molar-refractivity contribution in [1.29, 1.82) is 0 Å². The molecular weight excluding hydrogens is 430 g/mol. The Hall–Kier alpha value is -3.51. The minimum absolute atomic E-state index is 0.327. The van der Waals surface area contributed by atoms with Crippen LogP contribution < -0.4 is 4.74 Å². The van der Waals surface area contributed by atoms with Crippen LogP contribution in [0.5, 0.6) is 5.75 Å². The molecule has 2 aromatic heterocycles. The second kappa shape index (κ2) is 11.1. The van der Waals surface area contributed by atoms with Crippen LogP contribution in [0.4, 0.5) is 0 Å². The van der Waals surface area contributed by atoms with Gasteiger partial charge in [-0.1, -0.05) is 30.3 Å². The molecule has 178 valence electrons. The van der Waals surface area contributed by atoms with Crippen molar-refractivity contribution in [1.82, 2.24) is 4.57 Å². The van der Waals surface area contributed by atoms with E-state index in [4.69, 9.17) is 18.6 Å². The molecular formula is C28H31NO5. The molecule has 2 heterocycles. The van der Waals surface area contributed by atoms with E-state index in [1.54, 1.807) is 6.92 Å². The predicted molar refractivity (Wildman–Crippen MR) is 132 cm³/mol.